The molecule has 21 heavy (non-hydrogen) atoms. The number of benzene rings is 1. The number of rotatable bonds is 5. The summed E-state index contributed by atoms with van der Waals surface area (Å²) < 4.78 is 0. The lowest BCUT2D eigenvalue weighted by molar-refractivity contribution is -0.124. The first-order valence-electron chi connectivity index (χ1n) is 7.53. The smallest absolute Gasteiger partial charge is 0.231 e. The highest BCUT2D eigenvalue weighted by molar-refractivity contribution is 6.02. The van der Waals surface area contributed by atoms with Crippen molar-refractivity contribution in [1.29, 1.82) is 0 Å². The van der Waals surface area contributed by atoms with Crippen molar-refractivity contribution in [3.63, 3.8) is 0 Å². The zero-order valence-corrected chi connectivity index (χ0v) is 12.4. The highest BCUT2D eigenvalue weighted by Crippen LogP contribution is 2.29. The number of aryl methyl sites for hydroxylation is 1. The first-order valence-corrected chi connectivity index (χ1v) is 7.53. The molecule has 2 atom stereocenters. The summed E-state index contributed by atoms with van der Waals surface area (Å²) in [5, 5.41) is 14.9. The second-order valence-corrected chi connectivity index (χ2v) is 5.52. The molecule has 4 N–H and O–H groups in total. The van der Waals surface area contributed by atoms with Crippen LogP contribution in [0.25, 0.3) is 0 Å². The van der Waals surface area contributed by atoms with E-state index in [0.29, 0.717) is 6.42 Å². The number of nitrogens with two attached hydrogens (primary N) is 1. The molecule has 5 nitrogen and oxygen atoms in total. The summed E-state index contributed by atoms with van der Waals surface area (Å²) >= 11 is 0. The van der Waals surface area contributed by atoms with E-state index >= 15 is 0 Å². The van der Waals surface area contributed by atoms with Gasteiger partial charge in [0.05, 0.1) is 12.0 Å². The van der Waals surface area contributed by atoms with E-state index < -0.39 is 5.92 Å². The van der Waals surface area contributed by atoms with Crippen LogP contribution in [-0.4, -0.2) is 17.0 Å². The Morgan fingerprint density at radius 1 is 1.52 bits per heavy atom. The Kier molecular flexibility index (Phi) is 5.20. The summed E-state index contributed by atoms with van der Waals surface area (Å²) in [6, 6.07) is 8.22. The van der Waals surface area contributed by atoms with Gasteiger partial charge >= 0.3 is 0 Å². The zero-order chi connectivity index (χ0) is 15.2. The maximum absolute atomic E-state index is 12.4. The number of nitrogens with one attached hydrogen (secondary N) is 1. The SMILES string of the molecule is CCCC(C(=O)NC1CCCc2ccccc21)C(N)=NO. The second-order valence-electron chi connectivity index (χ2n) is 5.52. The molecule has 0 fully saturated rings. The molecule has 5 heteroatoms. The van der Waals surface area contributed by atoms with Crippen LogP contribution >= 0.6 is 0 Å². The van der Waals surface area contributed by atoms with Crippen LogP contribution in [0.3, 0.4) is 0 Å². The van der Waals surface area contributed by atoms with Crippen LogP contribution in [0.4, 0.5) is 0 Å². The summed E-state index contributed by atoms with van der Waals surface area (Å²) in [7, 11) is 0. The number of amidine groups is 1. The van der Waals surface area contributed by atoms with E-state index in [1.165, 1.54) is 11.1 Å². The molecule has 0 saturated carbocycles. The van der Waals surface area contributed by atoms with Crippen LogP contribution in [0.1, 0.15) is 49.8 Å². The Bertz CT molecular complexity index is 528. The van der Waals surface area contributed by atoms with Gasteiger partial charge in [0.1, 0.15) is 0 Å². The van der Waals surface area contributed by atoms with Gasteiger partial charge in [-0.05, 0) is 36.8 Å². The van der Waals surface area contributed by atoms with Gasteiger partial charge in [0, 0.05) is 0 Å². The van der Waals surface area contributed by atoms with Gasteiger partial charge in [-0.2, -0.15) is 0 Å². The predicted octanol–water partition coefficient (Wildman–Crippen LogP) is 2.34. The summed E-state index contributed by atoms with van der Waals surface area (Å²) in [4.78, 5) is 12.4. The molecule has 2 unspecified atom stereocenters. The minimum atomic E-state index is -0.561. The average molecular weight is 289 g/mol. The van der Waals surface area contributed by atoms with Gasteiger partial charge in [0.25, 0.3) is 0 Å². The Balaban J connectivity index is 2.12. The Hall–Kier alpha value is -2.04. The summed E-state index contributed by atoms with van der Waals surface area (Å²) in [5.74, 6) is -0.735. The van der Waals surface area contributed by atoms with Crippen molar-refractivity contribution >= 4 is 11.7 Å². The van der Waals surface area contributed by atoms with E-state index in [1.807, 2.05) is 19.1 Å². The fraction of sp³-hybridized carbons (Fsp3) is 0.500. The maximum atomic E-state index is 12.4. The molecule has 0 aliphatic heterocycles. The number of oxime groups is 1. The van der Waals surface area contributed by atoms with Crippen LogP contribution in [0, 0.1) is 5.92 Å². The molecule has 1 aliphatic carbocycles. The molecule has 2 rings (SSSR count). The number of nitrogens with zero attached hydrogens (tertiary/aromatic N) is 1. The normalized spacial score (nSPS) is 19.7. The Labute approximate surface area is 125 Å². The second kappa shape index (κ2) is 7.11. The van der Waals surface area contributed by atoms with Gasteiger partial charge in [-0.3, -0.25) is 4.79 Å². The third kappa shape index (κ3) is 3.54. The molecular weight excluding hydrogens is 266 g/mol. The third-order valence-corrected chi connectivity index (χ3v) is 4.05. The van der Waals surface area contributed by atoms with Crippen LogP contribution in [-0.2, 0) is 11.2 Å². The fourth-order valence-electron chi connectivity index (χ4n) is 2.95. The van der Waals surface area contributed by atoms with E-state index in [2.05, 4.69) is 22.6 Å². The number of amides is 1. The topological polar surface area (TPSA) is 87.7 Å². The van der Waals surface area contributed by atoms with Crippen molar-refractivity contribution in [1.82, 2.24) is 5.32 Å². The fourth-order valence-corrected chi connectivity index (χ4v) is 2.95. The van der Waals surface area contributed by atoms with E-state index in [-0.39, 0.29) is 17.8 Å². The molecule has 1 aromatic rings. The molecule has 114 valence electrons. The lowest BCUT2D eigenvalue weighted by Crippen LogP contribution is -2.41. The monoisotopic (exact) mass is 289 g/mol. The standard InChI is InChI=1S/C16H23N3O2/c1-2-6-13(15(17)19-21)16(20)18-14-10-5-8-11-7-3-4-9-12(11)14/h3-4,7,9,13-14,21H,2,5-6,8,10H2,1H3,(H2,17,19)(H,18,20). The maximum Gasteiger partial charge on any atom is 0.231 e. The number of hydrogen-bond donors (Lipinski definition) is 3. The van der Waals surface area contributed by atoms with Crippen molar-refractivity contribution in [3.05, 3.63) is 35.4 Å². The molecule has 0 spiro atoms. The molecule has 1 amide bonds. The lowest BCUT2D eigenvalue weighted by atomic mass is 9.87. The third-order valence-electron chi connectivity index (χ3n) is 4.05. The largest absolute Gasteiger partial charge is 0.409 e. The van der Waals surface area contributed by atoms with Crippen LogP contribution in [0.2, 0.25) is 0 Å². The predicted molar refractivity (Wildman–Crippen MR) is 82.1 cm³/mol. The molecule has 0 aromatic heterocycles. The van der Waals surface area contributed by atoms with Crippen LogP contribution in [0.5, 0.6) is 0 Å². The van der Waals surface area contributed by atoms with Crippen molar-refractivity contribution in [2.75, 3.05) is 0 Å². The van der Waals surface area contributed by atoms with Gasteiger partial charge in [0.2, 0.25) is 5.91 Å². The molecule has 0 heterocycles. The van der Waals surface area contributed by atoms with Crippen LogP contribution in [0.15, 0.2) is 29.4 Å². The van der Waals surface area contributed by atoms with Gasteiger partial charge in [-0.25, -0.2) is 0 Å². The zero-order valence-electron chi connectivity index (χ0n) is 12.4. The van der Waals surface area contributed by atoms with Gasteiger partial charge in [-0.1, -0.05) is 42.8 Å². The van der Waals surface area contributed by atoms with Crippen molar-refractivity contribution in [3.8, 4) is 0 Å². The minimum absolute atomic E-state index is 0.0153. The van der Waals surface area contributed by atoms with Gasteiger partial charge in [-0.15, -0.1) is 0 Å². The van der Waals surface area contributed by atoms with Crippen molar-refractivity contribution < 1.29 is 10.0 Å². The van der Waals surface area contributed by atoms with Crippen molar-refractivity contribution in [2.45, 2.75) is 45.1 Å². The van der Waals surface area contributed by atoms with E-state index in [1.54, 1.807) is 0 Å². The lowest BCUT2D eigenvalue weighted by Gasteiger charge is -2.28. The number of fused-ring (bicyclic) bond motifs is 1. The Morgan fingerprint density at radius 2 is 2.29 bits per heavy atom. The van der Waals surface area contributed by atoms with E-state index in [0.717, 1.165) is 25.7 Å². The van der Waals surface area contributed by atoms with Crippen LogP contribution < -0.4 is 11.1 Å². The molecular formula is C16H23N3O2. The van der Waals surface area contributed by atoms with E-state index in [4.69, 9.17) is 10.9 Å². The quantitative estimate of drug-likeness (QED) is 0.336. The number of carbonyl (C=O) groups excluding carboxylic acids is 1. The van der Waals surface area contributed by atoms with Gasteiger partial charge < -0.3 is 16.3 Å². The van der Waals surface area contributed by atoms with Crippen molar-refractivity contribution in [2.24, 2.45) is 16.8 Å². The molecule has 1 aliphatic rings. The Morgan fingerprint density at radius 3 is 3.00 bits per heavy atom. The number of carbonyl (C=O) groups is 1. The first kappa shape index (κ1) is 15.4. The van der Waals surface area contributed by atoms with E-state index in [9.17, 15) is 4.79 Å². The minimum Gasteiger partial charge on any atom is -0.409 e. The van der Waals surface area contributed by atoms with Gasteiger partial charge in [0.15, 0.2) is 5.84 Å². The summed E-state index contributed by atoms with van der Waals surface area (Å²) in [6.45, 7) is 1.97. The molecule has 1 aromatic carbocycles. The highest BCUT2D eigenvalue weighted by atomic mass is 16.4. The number of hydrogen-bond acceptors (Lipinski definition) is 3. The summed E-state index contributed by atoms with van der Waals surface area (Å²) in [5.41, 5.74) is 8.13. The molecule has 0 radical (unpaired) electrons. The summed E-state index contributed by atoms with van der Waals surface area (Å²) in [6.07, 6.45) is 4.43. The first-order chi connectivity index (χ1) is 10.2. The highest BCUT2D eigenvalue weighted by Gasteiger charge is 2.27. The molecule has 0 bridgehead atoms. The molecule has 0 saturated heterocycles. The average Bonchev–Trinajstić information content (AvgIpc) is 2.52.